The van der Waals surface area contributed by atoms with Crippen molar-refractivity contribution in [1.82, 2.24) is 0 Å². The fourth-order valence-corrected chi connectivity index (χ4v) is 4.19. The van der Waals surface area contributed by atoms with E-state index in [1.165, 1.54) is 50.5 Å². The molecule has 0 spiro atoms. The van der Waals surface area contributed by atoms with Crippen molar-refractivity contribution >= 4 is 12.1 Å². The molecule has 1 saturated heterocycles. The number of ether oxygens (including phenoxy) is 4. The first kappa shape index (κ1) is 28.3. The van der Waals surface area contributed by atoms with Gasteiger partial charge >= 0.3 is 12.1 Å². The van der Waals surface area contributed by atoms with E-state index in [2.05, 4.69) is 37.8 Å². The van der Waals surface area contributed by atoms with Crippen LogP contribution in [0, 0.1) is 5.92 Å². The molecular weight excluding hydrogens is 468 g/mol. The maximum absolute atomic E-state index is 12.0. The molecule has 0 saturated carbocycles. The van der Waals surface area contributed by atoms with Crippen LogP contribution in [-0.4, -0.2) is 31.9 Å². The molecule has 2 aromatic rings. The molecule has 1 heterocycles. The molecule has 0 bridgehead atoms. The fourth-order valence-electron chi connectivity index (χ4n) is 4.19. The second-order valence-electron chi connectivity index (χ2n) is 9.80. The Balaban J connectivity index is 1.62. The summed E-state index contributed by atoms with van der Waals surface area (Å²) in [5.74, 6) is 0.108. The smallest absolute Gasteiger partial charge is 0.493 e. The molecule has 0 aliphatic carbocycles. The van der Waals surface area contributed by atoms with Crippen LogP contribution in [0.3, 0.4) is 0 Å². The Morgan fingerprint density at radius 3 is 2.27 bits per heavy atom. The van der Waals surface area contributed by atoms with Gasteiger partial charge in [0.25, 0.3) is 0 Å². The van der Waals surface area contributed by atoms with Gasteiger partial charge in [-0.05, 0) is 48.6 Å². The third-order valence-electron chi connectivity index (χ3n) is 6.47. The Morgan fingerprint density at radius 1 is 0.946 bits per heavy atom. The standard InChI is InChI=1S/C31H40O6/c1-4-5-6-7-8-9-10-11-24-12-14-26(15-13-24)27-16-17-29(28(18-27)22-35-30(32)23(2)3)34-19-25-20-36-31(33)37-21-25/h12-18,25H,2,4-11,19-22H2,1,3H3. The minimum Gasteiger partial charge on any atom is -0.493 e. The molecular formula is C31H40O6. The molecule has 2 aromatic carbocycles. The van der Waals surface area contributed by atoms with Crippen LogP contribution in [0.1, 0.15) is 69.9 Å². The summed E-state index contributed by atoms with van der Waals surface area (Å²) in [6.07, 6.45) is 9.62. The lowest BCUT2D eigenvalue weighted by Gasteiger charge is -2.22. The molecule has 1 aliphatic heterocycles. The first-order valence-corrected chi connectivity index (χ1v) is 13.4. The van der Waals surface area contributed by atoms with E-state index in [-0.39, 0.29) is 25.7 Å². The molecule has 37 heavy (non-hydrogen) atoms. The molecule has 0 N–H and O–H groups in total. The van der Waals surface area contributed by atoms with Crippen LogP contribution in [0.4, 0.5) is 4.79 Å². The van der Waals surface area contributed by atoms with Crippen LogP contribution >= 0.6 is 0 Å². The first-order chi connectivity index (χ1) is 18.0. The Morgan fingerprint density at radius 2 is 1.59 bits per heavy atom. The highest BCUT2D eigenvalue weighted by atomic mass is 16.7. The van der Waals surface area contributed by atoms with E-state index in [4.69, 9.17) is 18.9 Å². The van der Waals surface area contributed by atoms with E-state index in [1.807, 2.05) is 18.2 Å². The summed E-state index contributed by atoms with van der Waals surface area (Å²) in [4.78, 5) is 23.1. The second kappa shape index (κ2) is 15.1. The Hall–Kier alpha value is -3.28. The average molecular weight is 509 g/mol. The van der Waals surface area contributed by atoms with E-state index in [1.54, 1.807) is 6.92 Å². The van der Waals surface area contributed by atoms with Gasteiger partial charge in [0.2, 0.25) is 0 Å². The number of hydrogen-bond acceptors (Lipinski definition) is 6. The highest BCUT2D eigenvalue weighted by molar-refractivity contribution is 5.87. The van der Waals surface area contributed by atoms with Crippen LogP contribution in [0.2, 0.25) is 0 Å². The summed E-state index contributed by atoms with van der Waals surface area (Å²) in [7, 11) is 0. The molecule has 0 unspecified atom stereocenters. The number of hydrogen-bond donors (Lipinski definition) is 0. The highest BCUT2D eigenvalue weighted by Crippen LogP contribution is 2.29. The monoisotopic (exact) mass is 508 g/mol. The SMILES string of the molecule is C=C(C)C(=O)OCc1cc(-c2ccc(CCCCCCCCC)cc2)ccc1OCC1COC(=O)OC1. The van der Waals surface area contributed by atoms with Crippen LogP contribution in [0.15, 0.2) is 54.6 Å². The number of rotatable bonds is 15. The Labute approximate surface area is 221 Å². The molecule has 6 nitrogen and oxygen atoms in total. The number of carbonyl (C=O) groups excluding carboxylic acids is 2. The minimum absolute atomic E-state index is 0.0629. The zero-order valence-electron chi connectivity index (χ0n) is 22.3. The molecule has 1 aliphatic rings. The number of esters is 1. The van der Waals surface area contributed by atoms with Gasteiger partial charge < -0.3 is 18.9 Å². The van der Waals surface area contributed by atoms with Gasteiger partial charge in [-0.25, -0.2) is 9.59 Å². The summed E-state index contributed by atoms with van der Waals surface area (Å²) >= 11 is 0. The van der Waals surface area contributed by atoms with E-state index in [0.717, 1.165) is 23.1 Å². The van der Waals surface area contributed by atoms with Gasteiger partial charge in [0.05, 0.1) is 12.5 Å². The van der Waals surface area contributed by atoms with E-state index < -0.39 is 12.1 Å². The molecule has 200 valence electrons. The lowest BCUT2D eigenvalue weighted by Crippen LogP contribution is -2.31. The summed E-state index contributed by atoms with van der Waals surface area (Å²) in [6.45, 7) is 8.41. The normalized spacial score (nSPS) is 13.5. The van der Waals surface area contributed by atoms with Gasteiger partial charge in [-0.2, -0.15) is 0 Å². The maximum Gasteiger partial charge on any atom is 0.508 e. The molecule has 6 heteroatoms. The second-order valence-corrected chi connectivity index (χ2v) is 9.80. The quantitative estimate of drug-likeness (QED) is 0.142. The van der Waals surface area contributed by atoms with Gasteiger partial charge in [0.1, 0.15) is 25.6 Å². The Bertz CT molecular complexity index is 1020. The topological polar surface area (TPSA) is 71.1 Å². The van der Waals surface area contributed by atoms with Crippen LogP contribution in [0.25, 0.3) is 11.1 Å². The molecule has 0 radical (unpaired) electrons. The highest BCUT2D eigenvalue weighted by Gasteiger charge is 2.22. The van der Waals surface area contributed by atoms with Crippen molar-refractivity contribution in [3.63, 3.8) is 0 Å². The molecule has 3 rings (SSSR count). The van der Waals surface area contributed by atoms with Crippen molar-refractivity contribution in [3.05, 3.63) is 65.7 Å². The van der Waals surface area contributed by atoms with Gasteiger partial charge in [-0.3, -0.25) is 0 Å². The Kier molecular flexibility index (Phi) is 11.5. The summed E-state index contributed by atoms with van der Waals surface area (Å²) < 4.78 is 21.3. The summed E-state index contributed by atoms with van der Waals surface area (Å²) in [6, 6.07) is 14.6. The number of carbonyl (C=O) groups is 2. The first-order valence-electron chi connectivity index (χ1n) is 13.4. The number of cyclic esters (lactones) is 2. The lowest BCUT2D eigenvalue weighted by atomic mass is 9.99. The van der Waals surface area contributed by atoms with Gasteiger partial charge in [0, 0.05) is 11.1 Å². The number of unbranched alkanes of at least 4 members (excludes halogenated alkanes) is 6. The van der Waals surface area contributed by atoms with Crippen LogP contribution < -0.4 is 4.74 Å². The predicted octanol–water partition coefficient (Wildman–Crippen LogP) is 7.43. The van der Waals surface area contributed by atoms with Crippen molar-refractivity contribution in [2.45, 2.75) is 71.8 Å². The van der Waals surface area contributed by atoms with E-state index >= 15 is 0 Å². The third kappa shape index (κ3) is 9.60. The zero-order chi connectivity index (χ0) is 26.5. The van der Waals surface area contributed by atoms with Crippen LogP contribution in [0.5, 0.6) is 5.75 Å². The van der Waals surface area contributed by atoms with Gasteiger partial charge in [-0.15, -0.1) is 0 Å². The largest absolute Gasteiger partial charge is 0.508 e. The van der Waals surface area contributed by atoms with Crippen molar-refractivity contribution < 1.29 is 28.5 Å². The zero-order valence-corrected chi connectivity index (χ0v) is 22.3. The minimum atomic E-state index is -0.651. The van der Waals surface area contributed by atoms with Crippen molar-refractivity contribution in [2.24, 2.45) is 5.92 Å². The average Bonchev–Trinajstić information content (AvgIpc) is 2.91. The van der Waals surface area contributed by atoms with Gasteiger partial charge in [0.15, 0.2) is 0 Å². The summed E-state index contributed by atoms with van der Waals surface area (Å²) in [5.41, 5.74) is 4.56. The summed E-state index contributed by atoms with van der Waals surface area (Å²) in [5, 5.41) is 0. The third-order valence-corrected chi connectivity index (χ3v) is 6.47. The lowest BCUT2D eigenvalue weighted by molar-refractivity contribution is -0.140. The van der Waals surface area contributed by atoms with Crippen molar-refractivity contribution in [2.75, 3.05) is 19.8 Å². The molecule has 0 amide bonds. The molecule has 0 atom stereocenters. The number of aryl methyl sites for hydroxylation is 1. The van der Waals surface area contributed by atoms with Gasteiger partial charge in [-0.1, -0.05) is 82.4 Å². The van der Waals surface area contributed by atoms with Crippen molar-refractivity contribution in [3.8, 4) is 16.9 Å². The van der Waals surface area contributed by atoms with E-state index in [9.17, 15) is 9.59 Å². The molecule has 1 fully saturated rings. The van der Waals surface area contributed by atoms with E-state index in [0.29, 0.717) is 17.9 Å². The molecule has 0 aromatic heterocycles. The fraction of sp³-hybridized carbons (Fsp3) is 0.484. The maximum atomic E-state index is 12.0. The number of benzene rings is 2. The predicted molar refractivity (Wildman–Crippen MR) is 144 cm³/mol. The van der Waals surface area contributed by atoms with Crippen LogP contribution in [-0.2, 0) is 32.0 Å². The van der Waals surface area contributed by atoms with Crippen molar-refractivity contribution in [1.29, 1.82) is 0 Å².